The van der Waals surface area contributed by atoms with Crippen molar-refractivity contribution in [3.8, 4) is 0 Å². The summed E-state index contributed by atoms with van der Waals surface area (Å²) >= 11 is 0. The van der Waals surface area contributed by atoms with Gasteiger partial charge in [-0.25, -0.2) is 0 Å². The van der Waals surface area contributed by atoms with Gasteiger partial charge in [-0.1, -0.05) is 40.5 Å². The maximum atomic E-state index is 6.49. The van der Waals surface area contributed by atoms with E-state index in [4.69, 9.17) is 4.74 Å². The molecule has 0 atom stereocenters. The van der Waals surface area contributed by atoms with Gasteiger partial charge in [0.15, 0.2) is 0 Å². The van der Waals surface area contributed by atoms with Gasteiger partial charge in [0.2, 0.25) is 0 Å². The zero-order valence-corrected chi connectivity index (χ0v) is 14.8. The Morgan fingerprint density at radius 3 is 2.29 bits per heavy atom. The summed E-state index contributed by atoms with van der Waals surface area (Å²) in [7, 11) is 0. The molecule has 0 unspecified atom stereocenters. The van der Waals surface area contributed by atoms with Gasteiger partial charge in [-0.05, 0) is 56.3 Å². The van der Waals surface area contributed by atoms with Gasteiger partial charge >= 0.3 is 0 Å². The molecule has 0 radical (unpaired) electrons. The molecule has 2 saturated carbocycles. The summed E-state index contributed by atoms with van der Waals surface area (Å²) in [4.78, 5) is 0. The van der Waals surface area contributed by atoms with Gasteiger partial charge in [-0.2, -0.15) is 0 Å². The van der Waals surface area contributed by atoms with Crippen molar-refractivity contribution in [2.24, 2.45) is 11.3 Å². The Morgan fingerprint density at radius 1 is 1.10 bits per heavy atom. The van der Waals surface area contributed by atoms with Crippen molar-refractivity contribution >= 4 is 0 Å². The van der Waals surface area contributed by atoms with E-state index in [2.05, 4.69) is 33.0 Å². The van der Waals surface area contributed by atoms with Crippen LogP contribution in [-0.2, 0) is 4.74 Å². The largest absolute Gasteiger partial charge is 0.374 e. The Morgan fingerprint density at radius 2 is 1.76 bits per heavy atom. The first-order valence-corrected chi connectivity index (χ1v) is 9.30. The summed E-state index contributed by atoms with van der Waals surface area (Å²) in [5.74, 6) is 0.954. The van der Waals surface area contributed by atoms with Crippen LogP contribution in [0.2, 0.25) is 0 Å². The van der Waals surface area contributed by atoms with Gasteiger partial charge in [0.1, 0.15) is 0 Å². The summed E-state index contributed by atoms with van der Waals surface area (Å²) in [5, 5.41) is 3.74. The number of rotatable bonds is 8. The van der Waals surface area contributed by atoms with Crippen LogP contribution in [0.15, 0.2) is 0 Å². The van der Waals surface area contributed by atoms with Crippen LogP contribution in [0.3, 0.4) is 0 Å². The van der Waals surface area contributed by atoms with E-state index in [9.17, 15) is 0 Å². The Hall–Kier alpha value is -0.0800. The molecule has 2 rings (SSSR count). The number of hydrogen-bond acceptors (Lipinski definition) is 2. The van der Waals surface area contributed by atoms with Gasteiger partial charge in [0.25, 0.3) is 0 Å². The maximum Gasteiger partial charge on any atom is 0.0806 e. The summed E-state index contributed by atoms with van der Waals surface area (Å²) in [6.07, 6.45) is 11.9. The quantitative estimate of drug-likeness (QED) is 0.686. The highest BCUT2D eigenvalue weighted by Gasteiger charge is 2.37. The van der Waals surface area contributed by atoms with Crippen molar-refractivity contribution in [3.05, 3.63) is 0 Å². The first-order chi connectivity index (χ1) is 9.92. The minimum absolute atomic E-state index is 0.137. The predicted octanol–water partition coefficient (Wildman–Crippen LogP) is 4.92. The fraction of sp³-hybridized carbons (Fsp3) is 1.00. The normalized spacial score (nSPS) is 30.6. The Kier molecular flexibility index (Phi) is 6.14. The topological polar surface area (TPSA) is 21.3 Å². The molecule has 1 N–H and O–H groups in total. The summed E-state index contributed by atoms with van der Waals surface area (Å²) in [5.41, 5.74) is 0.516. The van der Waals surface area contributed by atoms with Gasteiger partial charge in [-0.3, -0.25) is 0 Å². The van der Waals surface area contributed by atoms with Crippen LogP contribution in [0.1, 0.15) is 85.5 Å². The third kappa shape index (κ3) is 6.28. The Labute approximate surface area is 132 Å². The predicted molar refractivity (Wildman–Crippen MR) is 90.6 cm³/mol. The molecule has 2 fully saturated rings. The molecule has 2 aliphatic carbocycles. The van der Waals surface area contributed by atoms with Crippen molar-refractivity contribution < 1.29 is 4.74 Å². The molecule has 21 heavy (non-hydrogen) atoms. The van der Waals surface area contributed by atoms with E-state index in [1.54, 1.807) is 0 Å². The zero-order chi connectivity index (χ0) is 15.3. The molecule has 0 spiro atoms. The second-order valence-corrected chi connectivity index (χ2v) is 8.73. The van der Waals surface area contributed by atoms with Gasteiger partial charge in [0, 0.05) is 19.2 Å². The molecule has 2 nitrogen and oxygen atoms in total. The van der Waals surface area contributed by atoms with Crippen molar-refractivity contribution in [3.63, 3.8) is 0 Å². The van der Waals surface area contributed by atoms with Crippen LogP contribution in [0.25, 0.3) is 0 Å². The van der Waals surface area contributed by atoms with E-state index >= 15 is 0 Å². The van der Waals surface area contributed by atoms with Crippen LogP contribution in [0, 0.1) is 11.3 Å². The molecule has 124 valence electrons. The van der Waals surface area contributed by atoms with Crippen LogP contribution in [-0.4, -0.2) is 24.8 Å². The summed E-state index contributed by atoms with van der Waals surface area (Å²) in [6.45, 7) is 11.3. The van der Waals surface area contributed by atoms with Crippen LogP contribution in [0.5, 0.6) is 0 Å². The molecule has 0 saturated heterocycles. The molecular formula is C19H37NO. The molecule has 2 heteroatoms. The lowest BCUT2D eigenvalue weighted by Crippen LogP contribution is -2.47. The minimum Gasteiger partial charge on any atom is -0.374 e. The van der Waals surface area contributed by atoms with E-state index in [0.717, 1.165) is 31.5 Å². The van der Waals surface area contributed by atoms with E-state index in [1.807, 2.05) is 0 Å². The Balaban J connectivity index is 1.82. The molecular weight excluding hydrogens is 258 g/mol. The molecule has 2 aliphatic rings. The summed E-state index contributed by atoms with van der Waals surface area (Å²) < 4.78 is 6.49. The van der Waals surface area contributed by atoms with Crippen molar-refractivity contribution in [1.29, 1.82) is 0 Å². The molecule has 0 bridgehead atoms. The average Bonchev–Trinajstić information content (AvgIpc) is 3.22. The molecule has 0 heterocycles. The van der Waals surface area contributed by atoms with Crippen LogP contribution in [0.4, 0.5) is 0 Å². The van der Waals surface area contributed by atoms with Gasteiger partial charge in [0.05, 0.1) is 5.60 Å². The maximum absolute atomic E-state index is 6.49. The fourth-order valence-corrected chi connectivity index (χ4v) is 3.46. The standard InChI is InChI=1S/C19H37NO/c1-5-6-16-9-11-19(12-10-16,15-20-17-7-8-17)21-14-13-18(2,3)4/h16-17,20H,5-15H2,1-4H3. The highest BCUT2D eigenvalue weighted by Crippen LogP contribution is 2.37. The monoisotopic (exact) mass is 295 g/mol. The van der Waals surface area contributed by atoms with E-state index < -0.39 is 0 Å². The van der Waals surface area contributed by atoms with Crippen LogP contribution >= 0.6 is 0 Å². The molecule has 0 aliphatic heterocycles. The highest BCUT2D eigenvalue weighted by atomic mass is 16.5. The summed E-state index contributed by atoms with van der Waals surface area (Å²) in [6, 6.07) is 0.793. The molecule has 0 amide bonds. The first-order valence-electron chi connectivity index (χ1n) is 9.30. The molecule has 0 aromatic heterocycles. The Bertz CT molecular complexity index is 295. The van der Waals surface area contributed by atoms with E-state index in [0.29, 0.717) is 5.41 Å². The number of hydrogen-bond donors (Lipinski definition) is 1. The van der Waals surface area contributed by atoms with Gasteiger partial charge < -0.3 is 10.1 Å². The second-order valence-electron chi connectivity index (χ2n) is 8.73. The lowest BCUT2D eigenvalue weighted by atomic mass is 9.77. The van der Waals surface area contributed by atoms with Crippen molar-refractivity contribution in [2.75, 3.05) is 13.2 Å². The smallest absolute Gasteiger partial charge is 0.0806 e. The third-order valence-electron chi connectivity index (χ3n) is 5.26. The molecule has 0 aromatic carbocycles. The highest BCUT2D eigenvalue weighted by molar-refractivity contribution is 4.92. The zero-order valence-electron chi connectivity index (χ0n) is 14.8. The van der Waals surface area contributed by atoms with Gasteiger partial charge in [-0.15, -0.1) is 0 Å². The lowest BCUT2D eigenvalue weighted by molar-refractivity contribution is -0.0834. The number of ether oxygens (including phenoxy) is 1. The van der Waals surface area contributed by atoms with E-state index in [1.165, 1.54) is 51.4 Å². The SMILES string of the molecule is CCCC1CCC(CNC2CC2)(OCCC(C)(C)C)CC1. The van der Waals surface area contributed by atoms with Crippen molar-refractivity contribution in [1.82, 2.24) is 5.32 Å². The fourth-order valence-electron chi connectivity index (χ4n) is 3.46. The van der Waals surface area contributed by atoms with Crippen molar-refractivity contribution in [2.45, 2.75) is 97.1 Å². The third-order valence-corrected chi connectivity index (χ3v) is 5.26. The van der Waals surface area contributed by atoms with E-state index in [-0.39, 0.29) is 5.60 Å². The molecule has 0 aromatic rings. The lowest BCUT2D eigenvalue weighted by Gasteiger charge is -2.41. The average molecular weight is 296 g/mol. The van der Waals surface area contributed by atoms with Crippen LogP contribution < -0.4 is 5.32 Å². The first kappa shape index (κ1) is 17.3. The second kappa shape index (κ2) is 7.46. The minimum atomic E-state index is 0.137. The number of nitrogens with one attached hydrogen (secondary N) is 1.